The number of piperidine rings is 1. The number of hydrogen-bond donors (Lipinski definition) is 1. The molecule has 3 unspecified atom stereocenters. The lowest BCUT2D eigenvalue weighted by Crippen LogP contribution is -2.42. The molecule has 2 fully saturated rings. The molecule has 100 valence electrons. The Morgan fingerprint density at radius 1 is 1.39 bits per heavy atom. The van der Waals surface area contributed by atoms with E-state index in [0.717, 1.165) is 12.0 Å². The van der Waals surface area contributed by atoms with E-state index in [9.17, 15) is 0 Å². The summed E-state index contributed by atoms with van der Waals surface area (Å²) in [5.74, 6) is 0.938. The molecule has 1 aliphatic carbocycles. The molecule has 3 atom stereocenters. The van der Waals surface area contributed by atoms with Gasteiger partial charge in [-0.2, -0.15) is 0 Å². The van der Waals surface area contributed by atoms with E-state index in [2.05, 4.69) is 22.5 Å². The highest BCUT2D eigenvalue weighted by Crippen LogP contribution is 2.40. The van der Waals surface area contributed by atoms with Gasteiger partial charge in [-0.15, -0.1) is 11.3 Å². The zero-order valence-electron chi connectivity index (χ0n) is 11.4. The van der Waals surface area contributed by atoms with Crippen LogP contribution < -0.4 is 10.2 Å². The molecular formula is C14H23N3S. The smallest absolute Gasteiger partial charge is 0.185 e. The molecule has 2 aliphatic rings. The van der Waals surface area contributed by atoms with Crippen LogP contribution in [0.25, 0.3) is 0 Å². The molecule has 1 aliphatic heterocycles. The third kappa shape index (κ3) is 2.16. The molecule has 0 bridgehead atoms. The van der Waals surface area contributed by atoms with Crippen molar-refractivity contribution in [2.75, 3.05) is 18.5 Å². The Labute approximate surface area is 114 Å². The number of nitrogens with zero attached hydrogens (tertiary/aromatic N) is 2. The normalized spacial score (nSPS) is 29.3. The third-order valence-electron chi connectivity index (χ3n) is 4.63. The lowest BCUT2D eigenvalue weighted by molar-refractivity contribution is 0.362. The van der Waals surface area contributed by atoms with Crippen molar-refractivity contribution in [1.82, 2.24) is 10.3 Å². The van der Waals surface area contributed by atoms with Gasteiger partial charge >= 0.3 is 0 Å². The standard InChI is InChI=1S/C14H23N3S/c1-10(15-2)12-9-18-14(16-12)17-8-4-6-11-5-3-7-13(11)17/h9-11,13,15H,3-8H2,1-2H3. The van der Waals surface area contributed by atoms with Crippen molar-refractivity contribution in [3.63, 3.8) is 0 Å². The Bertz CT molecular complexity index is 403. The molecule has 4 heteroatoms. The molecule has 1 aromatic heterocycles. The van der Waals surface area contributed by atoms with E-state index in [0.29, 0.717) is 6.04 Å². The zero-order valence-corrected chi connectivity index (χ0v) is 12.2. The lowest BCUT2D eigenvalue weighted by Gasteiger charge is -2.37. The fourth-order valence-corrected chi connectivity index (χ4v) is 4.45. The van der Waals surface area contributed by atoms with Gasteiger partial charge in [-0.05, 0) is 45.6 Å². The third-order valence-corrected chi connectivity index (χ3v) is 5.52. The van der Waals surface area contributed by atoms with Crippen molar-refractivity contribution >= 4 is 16.5 Å². The first-order chi connectivity index (χ1) is 8.79. The molecule has 1 N–H and O–H groups in total. The van der Waals surface area contributed by atoms with E-state index >= 15 is 0 Å². The van der Waals surface area contributed by atoms with Crippen molar-refractivity contribution in [3.05, 3.63) is 11.1 Å². The van der Waals surface area contributed by atoms with Crippen LogP contribution in [0.4, 0.5) is 5.13 Å². The van der Waals surface area contributed by atoms with Crippen molar-refractivity contribution in [2.24, 2.45) is 5.92 Å². The van der Waals surface area contributed by atoms with E-state index in [-0.39, 0.29) is 0 Å². The summed E-state index contributed by atoms with van der Waals surface area (Å²) in [7, 11) is 2.00. The van der Waals surface area contributed by atoms with Crippen LogP contribution in [0.5, 0.6) is 0 Å². The number of thiazole rings is 1. The van der Waals surface area contributed by atoms with E-state index in [1.807, 2.05) is 18.4 Å². The molecule has 18 heavy (non-hydrogen) atoms. The highest BCUT2D eigenvalue weighted by Gasteiger charge is 2.36. The minimum Gasteiger partial charge on any atom is -0.345 e. The van der Waals surface area contributed by atoms with Gasteiger partial charge in [0.2, 0.25) is 0 Å². The number of anilines is 1. The topological polar surface area (TPSA) is 28.2 Å². The molecule has 0 radical (unpaired) electrons. The van der Waals surface area contributed by atoms with Crippen molar-refractivity contribution in [1.29, 1.82) is 0 Å². The van der Waals surface area contributed by atoms with Crippen LogP contribution in [0.3, 0.4) is 0 Å². The largest absolute Gasteiger partial charge is 0.345 e. The molecule has 0 amide bonds. The van der Waals surface area contributed by atoms with Crippen LogP contribution in [0.2, 0.25) is 0 Å². The van der Waals surface area contributed by atoms with Gasteiger partial charge in [-0.3, -0.25) is 0 Å². The van der Waals surface area contributed by atoms with Gasteiger partial charge in [-0.1, -0.05) is 6.42 Å². The van der Waals surface area contributed by atoms with E-state index in [1.165, 1.54) is 49.5 Å². The lowest BCUT2D eigenvalue weighted by atomic mass is 9.92. The summed E-state index contributed by atoms with van der Waals surface area (Å²) < 4.78 is 0. The van der Waals surface area contributed by atoms with Gasteiger partial charge in [0, 0.05) is 24.0 Å². The first-order valence-corrected chi connectivity index (χ1v) is 8.07. The van der Waals surface area contributed by atoms with Gasteiger partial charge in [0.05, 0.1) is 5.69 Å². The average molecular weight is 265 g/mol. The van der Waals surface area contributed by atoms with Crippen LogP contribution in [0.1, 0.15) is 50.8 Å². The molecule has 2 heterocycles. The number of fused-ring (bicyclic) bond motifs is 1. The number of hydrogen-bond acceptors (Lipinski definition) is 4. The Kier molecular flexibility index (Phi) is 3.57. The van der Waals surface area contributed by atoms with Gasteiger partial charge in [-0.25, -0.2) is 4.98 Å². The molecule has 0 aromatic carbocycles. The second-order valence-corrected chi connectivity index (χ2v) is 6.50. The molecule has 1 aromatic rings. The van der Waals surface area contributed by atoms with Crippen molar-refractivity contribution in [3.8, 4) is 0 Å². The van der Waals surface area contributed by atoms with E-state index in [4.69, 9.17) is 4.98 Å². The number of aromatic nitrogens is 1. The second kappa shape index (κ2) is 5.17. The minimum atomic E-state index is 0.360. The monoisotopic (exact) mass is 265 g/mol. The predicted octanol–water partition coefficient (Wildman–Crippen LogP) is 3.19. The molecule has 0 spiro atoms. The first-order valence-electron chi connectivity index (χ1n) is 7.19. The summed E-state index contributed by atoms with van der Waals surface area (Å²) in [5, 5.41) is 6.74. The maximum Gasteiger partial charge on any atom is 0.185 e. The molecule has 3 rings (SSSR count). The number of nitrogens with one attached hydrogen (secondary N) is 1. The summed E-state index contributed by atoms with van der Waals surface area (Å²) in [4.78, 5) is 7.44. The van der Waals surface area contributed by atoms with Crippen molar-refractivity contribution in [2.45, 2.75) is 51.1 Å². The fourth-order valence-electron chi connectivity index (χ4n) is 3.45. The molecule has 1 saturated heterocycles. The van der Waals surface area contributed by atoms with E-state index in [1.54, 1.807) is 0 Å². The van der Waals surface area contributed by atoms with Gasteiger partial charge in [0.1, 0.15) is 0 Å². The van der Waals surface area contributed by atoms with Crippen LogP contribution in [-0.2, 0) is 0 Å². The van der Waals surface area contributed by atoms with Gasteiger partial charge in [0.15, 0.2) is 5.13 Å². The van der Waals surface area contributed by atoms with Crippen LogP contribution in [0, 0.1) is 5.92 Å². The quantitative estimate of drug-likeness (QED) is 0.909. The Morgan fingerprint density at radius 3 is 3.06 bits per heavy atom. The van der Waals surface area contributed by atoms with Crippen molar-refractivity contribution < 1.29 is 0 Å². The first kappa shape index (κ1) is 12.4. The Balaban J connectivity index is 1.79. The SMILES string of the molecule is CNC(C)c1csc(N2CCCC3CCCC32)n1. The second-order valence-electron chi connectivity index (χ2n) is 5.66. The summed E-state index contributed by atoms with van der Waals surface area (Å²) in [5.41, 5.74) is 1.19. The predicted molar refractivity (Wildman–Crippen MR) is 77.3 cm³/mol. The van der Waals surface area contributed by atoms with E-state index < -0.39 is 0 Å². The molecule has 3 nitrogen and oxygen atoms in total. The average Bonchev–Trinajstić information content (AvgIpc) is 3.05. The summed E-state index contributed by atoms with van der Waals surface area (Å²) >= 11 is 1.82. The zero-order chi connectivity index (χ0) is 12.5. The summed E-state index contributed by atoms with van der Waals surface area (Å²) in [6, 6.07) is 1.14. The highest BCUT2D eigenvalue weighted by molar-refractivity contribution is 7.13. The van der Waals surface area contributed by atoms with Gasteiger partial charge < -0.3 is 10.2 Å². The molecular weight excluding hydrogens is 242 g/mol. The number of rotatable bonds is 3. The summed E-state index contributed by atoms with van der Waals surface area (Å²) in [6.45, 7) is 3.38. The maximum absolute atomic E-state index is 4.85. The Morgan fingerprint density at radius 2 is 2.22 bits per heavy atom. The maximum atomic E-state index is 4.85. The minimum absolute atomic E-state index is 0.360. The highest BCUT2D eigenvalue weighted by atomic mass is 32.1. The van der Waals surface area contributed by atoms with Crippen LogP contribution in [0.15, 0.2) is 5.38 Å². The van der Waals surface area contributed by atoms with Crippen LogP contribution >= 0.6 is 11.3 Å². The Hall–Kier alpha value is -0.610. The summed E-state index contributed by atoms with van der Waals surface area (Å²) in [6.07, 6.45) is 7.01. The van der Waals surface area contributed by atoms with Gasteiger partial charge in [0.25, 0.3) is 0 Å². The van der Waals surface area contributed by atoms with Crippen LogP contribution in [-0.4, -0.2) is 24.6 Å². The fraction of sp³-hybridized carbons (Fsp3) is 0.786. The molecule has 1 saturated carbocycles.